The molecule has 106 valence electrons. The van der Waals surface area contributed by atoms with Gasteiger partial charge < -0.3 is 9.72 Å². The first-order chi connectivity index (χ1) is 9.70. The second-order valence-corrected chi connectivity index (χ2v) is 7.34. The summed E-state index contributed by atoms with van der Waals surface area (Å²) in [4.78, 5) is 15.2. The van der Waals surface area contributed by atoms with Gasteiger partial charge in [0.2, 0.25) is 0 Å². The number of nitrogens with one attached hydrogen (secondary N) is 1. The lowest BCUT2D eigenvalue weighted by Gasteiger charge is -2.41. The SMILES string of the molecule is CCOC(=O)c1[nH]cc2c1[C@H]1C=C[C@@H]2[C@@H]2CS(=O)C[C@@H]21. The van der Waals surface area contributed by atoms with Crippen LogP contribution in [0.5, 0.6) is 0 Å². The number of carbonyl (C=O) groups is 1. The second-order valence-electron chi connectivity index (χ2n) is 5.79. The molecular weight excluding hydrogens is 274 g/mol. The smallest absolute Gasteiger partial charge is 0.355 e. The monoisotopic (exact) mass is 291 g/mol. The minimum atomic E-state index is -0.704. The molecule has 5 heteroatoms. The van der Waals surface area contributed by atoms with Crippen molar-refractivity contribution in [1.29, 1.82) is 0 Å². The fraction of sp³-hybridized carbons (Fsp3) is 0.533. The summed E-state index contributed by atoms with van der Waals surface area (Å²) < 4.78 is 17.0. The zero-order valence-electron chi connectivity index (χ0n) is 11.3. The van der Waals surface area contributed by atoms with Crippen molar-refractivity contribution >= 4 is 16.8 Å². The van der Waals surface area contributed by atoms with Crippen molar-refractivity contribution in [2.24, 2.45) is 11.8 Å². The molecule has 0 amide bonds. The van der Waals surface area contributed by atoms with Crippen molar-refractivity contribution in [2.45, 2.75) is 18.8 Å². The molecule has 0 aromatic carbocycles. The van der Waals surface area contributed by atoms with Crippen molar-refractivity contribution in [2.75, 3.05) is 18.1 Å². The summed E-state index contributed by atoms with van der Waals surface area (Å²) in [5, 5.41) is 0. The summed E-state index contributed by atoms with van der Waals surface area (Å²) in [7, 11) is -0.704. The van der Waals surface area contributed by atoms with Crippen LogP contribution in [-0.4, -0.2) is 33.3 Å². The molecule has 1 N–H and O–H groups in total. The van der Waals surface area contributed by atoms with Crippen LogP contribution in [0.15, 0.2) is 18.3 Å². The van der Waals surface area contributed by atoms with E-state index in [1.807, 2.05) is 13.1 Å². The lowest BCUT2D eigenvalue weighted by atomic mass is 9.61. The molecule has 0 saturated carbocycles. The summed E-state index contributed by atoms with van der Waals surface area (Å²) in [5.41, 5.74) is 2.90. The number of allylic oxidation sites excluding steroid dienone is 2. The van der Waals surface area contributed by atoms with Gasteiger partial charge in [0.1, 0.15) is 5.69 Å². The lowest BCUT2D eigenvalue weighted by Crippen LogP contribution is -2.34. The van der Waals surface area contributed by atoms with E-state index in [9.17, 15) is 9.00 Å². The zero-order valence-corrected chi connectivity index (χ0v) is 12.1. The van der Waals surface area contributed by atoms with E-state index in [1.165, 1.54) is 5.56 Å². The third-order valence-electron chi connectivity index (χ3n) is 4.88. The van der Waals surface area contributed by atoms with Crippen LogP contribution in [-0.2, 0) is 15.5 Å². The highest BCUT2D eigenvalue weighted by atomic mass is 32.2. The third-order valence-corrected chi connectivity index (χ3v) is 6.39. The Kier molecular flexibility index (Phi) is 2.67. The predicted molar refractivity (Wildman–Crippen MR) is 76.2 cm³/mol. The summed E-state index contributed by atoms with van der Waals surface area (Å²) >= 11 is 0. The number of carbonyl (C=O) groups excluding carboxylic acids is 1. The molecule has 1 aliphatic heterocycles. The molecule has 1 fully saturated rings. The van der Waals surface area contributed by atoms with Crippen LogP contribution < -0.4 is 0 Å². The summed E-state index contributed by atoms with van der Waals surface area (Å²) in [6, 6.07) is 0. The standard InChI is InChI=1S/C15H17NO3S/c1-2-19-15(17)14-13-9-4-3-8(10(13)5-16-14)11-6-20(18)7-12(9)11/h3-5,8-9,11-12,16H,2,6-7H2,1H3/t8-,9-,11-,12+,20?/m0/s1. The largest absolute Gasteiger partial charge is 0.461 e. The van der Waals surface area contributed by atoms with Crippen molar-refractivity contribution in [3.05, 3.63) is 35.2 Å². The van der Waals surface area contributed by atoms with Gasteiger partial charge in [-0.1, -0.05) is 12.2 Å². The summed E-state index contributed by atoms with van der Waals surface area (Å²) in [6.07, 6.45) is 6.38. The molecule has 5 atom stereocenters. The van der Waals surface area contributed by atoms with Gasteiger partial charge in [0.25, 0.3) is 0 Å². The Labute approximate surface area is 120 Å². The van der Waals surface area contributed by atoms with Crippen LogP contribution in [0.3, 0.4) is 0 Å². The van der Waals surface area contributed by atoms with Crippen molar-refractivity contribution in [1.82, 2.24) is 4.98 Å². The van der Waals surface area contributed by atoms with E-state index in [2.05, 4.69) is 17.1 Å². The Bertz CT molecular complexity index is 633. The van der Waals surface area contributed by atoms with Gasteiger partial charge in [0, 0.05) is 40.3 Å². The predicted octanol–water partition coefficient (Wildman–Crippen LogP) is 1.94. The van der Waals surface area contributed by atoms with Crippen LogP contribution in [0, 0.1) is 11.8 Å². The van der Waals surface area contributed by atoms with Gasteiger partial charge in [-0.3, -0.25) is 4.21 Å². The molecule has 1 aromatic rings. The Morgan fingerprint density at radius 2 is 2.05 bits per heavy atom. The van der Waals surface area contributed by atoms with E-state index in [0.717, 1.165) is 17.1 Å². The normalized spacial score (nSPS) is 36.8. The van der Waals surface area contributed by atoms with Gasteiger partial charge in [-0.05, 0) is 29.9 Å². The van der Waals surface area contributed by atoms with Gasteiger partial charge in [0.15, 0.2) is 0 Å². The minimum Gasteiger partial charge on any atom is -0.461 e. The van der Waals surface area contributed by atoms with Crippen LogP contribution in [0.4, 0.5) is 0 Å². The molecule has 5 rings (SSSR count). The van der Waals surface area contributed by atoms with Gasteiger partial charge in [-0.25, -0.2) is 4.79 Å². The Morgan fingerprint density at radius 3 is 2.80 bits per heavy atom. The van der Waals surface area contributed by atoms with Gasteiger partial charge in [-0.2, -0.15) is 0 Å². The Balaban J connectivity index is 1.79. The first-order valence-electron chi connectivity index (χ1n) is 7.12. The number of H-pyrrole nitrogens is 1. The number of hydrogen-bond acceptors (Lipinski definition) is 3. The fourth-order valence-electron chi connectivity index (χ4n) is 4.11. The van der Waals surface area contributed by atoms with Crippen molar-refractivity contribution < 1.29 is 13.7 Å². The summed E-state index contributed by atoms with van der Waals surface area (Å²) in [6.45, 7) is 2.20. The molecule has 1 aromatic heterocycles. The quantitative estimate of drug-likeness (QED) is 0.669. The zero-order chi connectivity index (χ0) is 13.9. The van der Waals surface area contributed by atoms with Gasteiger partial charge in [-0.15, -0.1) is 0 Å². The molecular formula is C15H17NO3S. The van der Waals surface area contributed by atoms with E-state index in [0.29, 0.717) is 30.1 Å². The van der Waals surface area contributed by atoms with Crippen LogP contribution in [0.1, 0.15) is 40.4 Å². The number of aromatic nitrogens is 1. The highest BCUT2D eigenvalue weighted by Crippen LogP contribution is 2.55. The molecule has 2 heterocycles. The first kappa shape index (κ1) is 12.4. The molecule has 20 heavy (non-hydrogen) atoms. The molecule has 1 unspecified atom stereocenters. The average molecular weight is 291 g/mol. The molecule has 0 radical (unpaired) electrons. The average Bonchev–Trinajstić information content (AvgIpc) is 3.02. The highest BCUT2D eigenvalue weighted by Gasteiger charge is 2.50. The topological polar surface area (TPSA) is 59.2 Å². The lowest BCUT2D eigenvalue weighted by molar-refractivity contribution is 0.0517. The van der Waals surface area contributed by atoms with Crippen LogP contribution in [0.2, 0.25) is 0 Å². The number of aromatic amines is 1. The molecule has 4 aliphatic rings. The molecule has 3 aliphatic carbocycles. The van der Waals surface area contributed by atoms with E-state index < -0.39 is 10.8 Å². The first-order valence-corrected chi connectivity index (χ1v) is 8.61. The van der Waals surface area contributed by atoms with E-state index in [-0.39, 0.29) is 11.9 Å². The van der Waals surface area contributed by atoms with Crippen LogP contribution >= 0.6 is 0 Å². The molecule has 1 saturated heterocycles. The van der Waals surface area contributed by atoms with E-state index in [1.54, 1.807) is 0 Å². The minimum absolute atomic E-state index is 0.220. The van der Waals surface area contributed by atoms with Crippen molar-refractivity contribution in [3.63, 3.8) is 0 Å². The van der Waals surface area contributed by atoms with Crippen LogP contribution in [0.25, 0.3) is 0 Å². The molecule has 2 bridgehead atoms. The van der Waals surface area contributed by atoms with Gasteiger partial charge >= 0.3 is 5.97 Å². The Hall–Kier alpha value is -1.36. The maximum atomic E-state index is 12.1. The number of hydrogen-bond donors (Lipinski definition) is 1. The second kappa shape index (κ2) is 4.32. The highest BCUT2D eigenvalue weighted by molar-refractivity contribution is 7.85. The number of ether oxygens (including phenoxy) is 1. The maximum absolute atomic E-state index is 12.1. The van der Waals surface area contributed by atoms with Crippen molar-refractivity contribution in [3.8, 4) is 0 Å². The fourth-order valence-corrected chi connectivity index (χ4v) is 6.01. The summed E-state index contributed by atoms with van der Waals surface area (Å²) in [5.74, 6) is 2.72. The third kappa shape index (κ3) is 1.53. The molecule has 4 nitrogen and oxygen atoms in total. The van der Waals surface area contributed by atoms with Gasteiger partial charge in [0.05, 0.1) is 6.61 Å². The maximum Gasteiger partial charge on any atom is 0.355 e. The molecule has 0 spiro atoms. The van der Waals surface area contributed by atoms with E-state index in [4.69, 9.17) is 4.74 Å². The number of esters is 1. The number of rotatable bonds is 2. The Morgan fingerprint density at radius 1 is 1.35 bits per heavy atom. The van der Waals surface area contributed by atoms with E-state index >= 15 is 0 Å².